The molecule has 11 heavy (non-hydrogen) atoms. The first-order chi connectivity index (χ1) is 5.03. The lowest BCUT2D eigenvalue weighted by atomic mass is 9.96. The van der Waals surface area contributed by atoms with Gasteiger partial charge >= 0.3 is 0 Å². The average molecular weight is 158 g/mol. The van der Waals surface area contributed by atoms with Crippen LogP contribution in [0.15, 0.2) is 0 Å². The van der Waals surface area contributed by atoms with E-state index in [4.69, 9.17) is 14.6 Å². The zero-order valence-electron chi connectivity index (χ0n) is 7.13. The van der Waals surface area contributed by atoms with Gasteiger partial charge in [0.15, 0.2) is 0 Å². The molecular weight excluding hydrogens is 144 g/mol. The summed E-state index contributed by atoms with van der Waals surface area (Å²) in [6.45, 7) is 5.95. The summed E-state index contributed by atoms with van der Waals surface area (Å²) in [5.41, 5.74) is -0.592. The van der Waals surface area contributed by atoms with Crippen LogP contribution in [0.25, 0.3) is 0 Å². The molecule has 2 saturated heterocycles. The third-order valence-corrected chi connectivity index (χ3v) is 2.96. The van der Waals surface area contributed by atoms with E-state index in [1.54, 1.807) is 0 Å². The van der Waals surface area contributed by atoms with Crippen LogP contribution in [0.3, 0.4) is 0 Å². The molecule has 4 atom stereocenters. The third-order valence-electron chi connectivity index (χ3n) is 2.96. The van der Waals surface area contributed by atoms with Crippen molar-refractivity contribution in [2.45, 2.75) is 44.2 Å². The summed E-state index contributed by atoms with van der Waals surface area (Å²) in [5, 5.41) is 9.05. The van der Waals surface area contributed by atoms with Crippen molar-refractivity contribution in [3.05, 3.63) is 0 Å². The van der Waals surface area contributed by atoms with Gasteiger partial charge in [0.05, 0.1) is 12.7 Å². The second kappa shape index (κ2) is 1.79. The van der Waals surface area contributed by atoms with Crippen molar-refractivity contribution in [3.8, 4) is 0 Å². The maximum absolute atomic E-state index is 9.05. The number of hydrogen-bond donors (Lipinski definition) is 1. The first-order valence-corrected chi connectivity index (χ1v) is 3.99. The molecule has 2 fully saturated rings. The fourth-order valence-corrected chi connectivity index (χ4v) is 1.96. The minimum absolute atomic E-state index is 0.0393. The zero-order chi connectivity index (χ0) is 8.28. The van der Waals surface area contributed by atoms with Crippen molar-refractivity contribution in [1.29, 1.82) is 0 Å². The molecule has 2 aliphatic heterocycles. The van der Waals surface area contributed by atoms with Crippen molar-refractivity contribution in [2.24, 2.45) is 0 Å². The van der Waals surface area contributed by atoms with E-state index in [-0.39, 0.29) is 24.4 Å². The monoisotopic (exact) mass is 158 g/mol. The molecule has 2 rings (SSSR count). The van der Waals surface area contributed by atoms with Crippen LogP contribution >= 0.6 is 0 Å². The maximum Gasteiger partial charge on any atom is 0.121 e. The van der Waals surface area contributed by atoms with Crippen LogP contribution in [-0.2, 0) is 9.47 Å². The number of aliphatic hydroxyl groups is 1. The minimum Gasteiger partial charge on any atom is -0.393 e. The Morgan fingerprint density at radius 3 is 2.18 bits per heavy atom. The van der Waals surface area contributed by atoms with E-state index in [1.165, 1.54) is 0 Å². The number of rotatable bonds is 1. The van der Waals surface area contributed by atoms with Crippen LogP contribution in [0.4, 0.5) is 0 Å². The molecule has 0 aromatic rings. The third kappa shape index (κ3) is 0.736. The van der Waals surface area contributed by atoms with Gasteiger partial charge in [-0.3, -0.25) is 0 Å². The number of fused-ring (bicyclic) bond motifs is 1. The van der Waals surface area contributed by atoms with E-state index in [9.17, 15) is 0 Å². The van der Waals surface area contributed by atoms with Gasteiger partial charge in [0.25, 0.3) is 0 Å². The van der Waals surface area contributed by atoms with Crippen LogP contribution in [0.5, 0.6) is 0 Å². The van der Waals surface area contributed by atoms with Gasteiger partial charge in [-0.05, 0) is 20.8 Å². The number of epoxide rings is 1. The predicted molar refractivity (Wildman–Crippen MR) is 39.3 cm³/mol. The Kier molecular flexibility index (Phi) is 1.22. The van der Waals surface area contributed by atoms with Crippen LogP contribution in [0.2, 0.25) is 0 Å². The molecule has 0 aromatic heterocycles. The maximum atomic E-state index is 9.05. The van der Waals surface area contributed by atoms with Crippen molar-refractivity contribution in [3.63, 3.8) is 0 Å². The lowest BCUT2D eigenvalue weighted by molar-refractivity contribution is -0.119. The highest BCUT2D eigenvalue weighted by atomic mass is 16.7. The molecule has 2 heterocycles. The van der Waals surface area contributed by atoms with E-state index < -0.39 is 5.60 Å². The Morgan fingerprint density at radius 1 is 1.36 bits per heavy atom. The van der Waals surface area contributed by atoms with Gasteiger partial charge < -0.3 is 14.6 Å². The van der Waals surface area contributed by atoms with E-state index in [0.717, 1.165) is 0 Å². The Hall–Kier alpha value is -0.120. The summed E-state index contributed by atoms with van der Waals surface area (Å²) in [6, 6.07) is 0. The molecule has 64 valence electrons. The first-order valence-electron chi connectivity index (χ1n) is 3.99. The number of aliphatic hydroxyl groups excluding tert-OH is 1. The fraction of sp³-hybridized carbons (Fsp3) is 1.00. The van der Waals surface area contributed by atoms with Crippen LogP contribution in [0, 0.1) is 0 Å². The lowest BCUT2D eigenvalue weighted by Crippen LogP contribution is -2.36. The molecule has 0 amide bonds. The molecule has 0 aromatic carbocycles. The van der Waals surface area contributed by atoms with Crippen molar-refractivity contribution in [2.75, 3.05) is 6.61 Å². The summed E-state index contributed by atoms with van der Waals surface area (Å²) in [6.07, 6.45) is 0.194. The van der Waals surface area contributed by atoms with Gasteiger partial charge in [0.2, 0.25) is 0 Å². The van der Waals surface area contributed by atoms with E-state index >= 15 is 0 Å². The second-order valence-electron chi connectivity index (χ2n) is 3.91. The van der Waals surface area contributed by atoms with E-state index in [0.29, 0.717) is 0 Å². The van der Waals surface area contributed by atoms with E-state index in [1.807, 2.05) is 20.8 Å². The number of ether oxygens (including phenoxy) is 2. The van der Waals surface area contributed by atoms with Gasteiger partial charge in [-0.15, -0.1) is 0 Å². The van der Waals surface area contributed by atoms with E-state index in [2.05, 4.69) is 0 Å². The van der Waals surface area contributed by atoms with Crippen molar-refractivity contribution < 1.29 is 14.6 Å². The van der Waals surface area contributed by atoms with Gasteiger partial charge in [-0.1, -0.05) is 0 Å². The molecule has 1 N–H and O–H groups in total. The largest absolute Gasteiger partial charge is 0.393 e. The van der Waals surface area contributed by atoms with Gasteiger partial charge in [0.1, 0.15) is 17.3 Å². The highest BCUT2D eigenvalue weighted by molar-refractivity contribution is 5.17. The SMILES string of the molecule is C[C@@H]1O[C@](C)(CO)[C@H]2O[C@@]12C. The van der Waals surface area contributed by atoms with Gasteiger partial charge in [-0.25, -0.2) is 0 Å². The smallest absolute Gasteiger partial charge is 0.121 e. The lowest BCUT2D eigenvalue weighted by Gasteiger charge is -2.24. The van der Waals surface area contributed by atoms with Crippen LogP contribution in [0.1, 0.15) is 20.8 Å². The highest BCUT2D eigenvalue weighted by Gasteiger charge is 2.71. The minimum atomic E-state index is -0.464. The Labute approximate surface area is 66.3 Å². The van der Waals surface area contributed by atoms with Crippen molar-refractivity contribution in [1.82, 2.24) is 0 Å². The Bertz CT molecular complexity index is 194. The summed E-state index contributed by atoms with van der Waals surface area (Å²) < 4.78 is 11.1. The summed E-state index contributed by atoms with van der Waals surface area (Å²) >= 11 is 0. The quantitative estimate of drug-likeness (QED) is 0.558. The molecule has 3 nitrogen and oxygen atoms in total. The summed E-state index contributed by atoms with van der Waals surface area (Å²) in [7, 11) is 0. The zero-order valence-corrected chi connectivity index (χ0v) is 7.13. The highest BCUT2D eigenvalue weighted by Crippen LogP contribution is 2.54. The molecule has 2 aliphatic rings. The Morgan fingerprint density at radius 2 is 2.00 bits per heavy atom. The molecular formula is C8H14O3. The summed E-state index contributed by atoms with van der Waals surface area (Å²) in [4.78, 5) is 0. The fourth-order valence-electron chi connectivity index (χ4n) is 1.96. The molecule has 0 aliphatic carbocycles. The van der Waals surface area contributed by atoms with Crippen LogP contribution < -0.4 is 0 Å². The second-order valence-corrected chi connectivity index (χ2v) is 3.91. The normalized spacial score (nSPS) is 61.1. The van der Waals surface area contributed by atoms with Crippen LogP contribution in [-0.4, -0.2) is 35.1 Å². The molecule has 3 heteroatoms. The topological polar surface area (TPSA) is 42.0 Å². The van der Waals surface area contributed by atoms with Crippen molar-refractivity contribution >= 4 is 0 Å². The first kappa shape index (κ1) is 7.53. The average Bonchev–Trinajstić information content (AvgIpc) is 2.59. The molecule has 0 unspecified atom stereocenters. The number of hydrogen-bond acceptors (Lipinski definition) is 3. The molecule has 0 spiro atoms. The standard InChI is InChI=1S/C8H14O3/c1-5-8(3)6(11-8)7(2,4-9)10-5/h5-6,9H,4H2,1-3H3/t5-,6+,7+,8-/m0/s1. The molecule has 0 saturated carbocycles. The van der Waals surface area contributed by atoms with Gasteiger partial charge in [0, 0.05) is 0 Å². The van der Waals surface area contributed by atoms with Gasteiger partial charge in [-0.2, -0.15) is 0 Å². The Balaban J connectivity index is 2.22. The molecule has 0 radical (unpaired) electrons. The summed E-state index contributed by atoms with van der Waals surface area (Å²) in [5.74, 6) is 0. The predicted octanol–water partition coefficient (Wildman–Crippen LogP) is 0.314. The molecule has 0 bridgehead atoms.